The van der Waals surface area contributed by atoms with Gasteiger partial charge < -0.3 is 10.0 Å². The molecule has 138 valence electrons. The molecule has 0 aliphatic heterocycles. The van der Waals surface area contributed by atoms with Crippen LogP contribution in [0.4, 0.5) is 0 Å². The van der Waals surface area contributed by atoms with E-state index in [-0.39, 0.29) is 18.2 Å². The predicted molar refractivity (Wildman–Crippen MR) is 104 cm³/mol. The second-order valence-corrected chi connectivity index (χ2v) is 6.31. The van der Waals surface area contributed by atoms with E-state index in [1.807, 2.05) is 30.1 Å². The van der Waals surface area contributed by atoms with Crippen molar-refractivity contribution in [2.45, 2.75) is 6.54 Å². The third-order valence-corrected chi connectivity index (χ3v) is 3.90. The molecule has 0 radical (unpaired) electrons. The minimum Gasteiger partial charge on any atom is -0.507 e. The van der Waals surface area contributed by atoms with Gasteiger partial charge in [0.1, 0.15) is 5.75 Å². The molecule has 0 bridgehead atoms. The number of carbonyl (C=O) groups excluding carboxylic acids is 1. The average molecular weight is 354 g/mol. The predicted octanol–water partition coefficient (Wildman–Crippen LogP) is 1.91. The van der Waals surface area contributed by atoms with Gasteiger partial charge in [0, 0.05) is 25.2 Å². The Labute approximate surface area is 154 Å². The van der Waals surface area contributed by atoms with Gasteiger partial charge in [-0.05, 0) is 31.8 Å². The number of amides is 1. The van der Waals surface area contributed by atoms with Crippen LogP contribution in [0.1, 0.15) is 11.1 Å². The molecule has 0 fully saturated rings. The molecule has 6 nitrogen and oxygen atoms in total. The Hall–Kier alpha value is -2.70. The quantitative estimate of drug-likeness (QED) is 0.533. The molecular formula is C20H26N4O2. The van der Waals surface area contributed by atoms with Gasteiger partial charge in [-0.1, -0.05) is 42.5 Å². The van der Waals surface area contributed by atoms with Gasteiger partial charge in [0.25, 0.3) is 5.91 Å². The number of phenols is 1. The van der Waals surface area contributed by atoms with E-state index in [0.717, 1.165) is 19.6 Å². The van der Waals surface area contributed by atoms with E-state index in [0.29, 0.717) is 5.56 Å². The molecule has 2 aromatic carbocycles. The van der Waals surface area contributed by atoms with Crippen LogP contribution < -0.4 is 5.43 Å². The zero-order chi connectivity index (χ0) is 18.8. The summed E-state index contributed by atoms with van der Waals surface area (Å²) in [6.45, 7) is 2.78. The molecule has 2 rings (SSSR count). The van der Waals surface area contributed by atoms with Gasteiger partial charge in [-0.3, -0.25) is 9.69 Å². The largest absolute Gasteiger partial charge is 0.507 e. The molecule has 1 amide bonds. The molecule has 26 heavy (non-hydrogen) atoms. The summed E-state index contributed by atoms with van der Waals surface area (Å²) < 4.78 is 0. The molecule has 2 aromatic rings. The maximum Gasteiger partial charge on any atom is 0.254 e. The number of rotatable bonds is 9. The molecule has 0 unspecified atom stereocenters. The minimum absolute atomic E-state index is 0.129. The summed E-state index contributed by atoms with van der Waals surface area (Å²) in [6, 6.07) is 17.1. The molecule has 0 saturated heterocycles. The van der Waals surface area contributed by atoms with Crippen LogP contribution >= 0.6 is 0 Å². The highest BCUT2D eigenvalue weighted by Crippen LogP contribution is 2.12. The van der Waals surface area contributed by atoms with E-state index in [2.05, 4.69) is 34.6 Å². The second kappa shape index (κ2) is 10.3. The number of likely N-dealkylation sites (N-methyl/N-ethyl adjacent to an activating group) is 2. The number of para-hydroxylation sites is 1. The minimum atomic E-state index is -0.190. The fourth-order valence-corrected chi connectivity index (χ4v) is 2.45. The Balaban J connectivity index is 1.67. The zero-order valence-corrected chi connectivity index (χ0v) is 15.3. The van der Waals surface area contributed by atoms with Crippen LogP contribution in [0.25, 0.3) is 0 Å². The van der Waals surface area contributed by atoms with Crippen LogP contribution in [0.2, 0.25) is 0 Å². The number of nitrogens with one attached hydrogen (secondary N) is 1. The Morgan fingerprint density at radius 1 is 1.04 bits per heavy atom. The van der Waals surface area contributed by atoms with E-state index in [4.69, 9.17) is 0 Å². The second-order valence-electron chi connectivity index (χ2n) is 6.31. The maximum absolute atomic E-state index is 11.9. The van der Waals surface area contributed by atoms with Gasteiger partial charge in [-0.25, -0.2) is 5.43 Å². The van der Waals surface area contributed by atoms with Crippen LogP contribution in [0.5, 0.6) is 5.75 Å². The number of phenolic OH excluding ortho intramolecular Hbond substituents is 1. The summed E-state index contributed by atoms with van der Waals surface area (Å²) in [7, 11) is 3.97. The lowest BCUT2D eigenvalue weighted by molar-refractivity contribution is -0.121. The van der Waals surface area contributed by atoms with Gasteiger partial charge in [0.05, 0.1) is 12.8 Å². The highest BCUT2D eigenvalue weighted by Gasteiger charge is 2.07. The lowest BCUT2D eigenvalue weighted by atomic mass is 10.2. The van der Waals surface area contributed by atoms with E-state index in [1.54, 1.807) is 24.3 Å². The van der Waals surface area contributed by atoms with Crippen molar-refractivity contribution in [3.8, 4) is 5.75 Å². The van der Waals surface area contributed by atoms with E-state index >= 15 is 0 Å². The first kappa shape index (κ1) is 19.6. The normalized spacial score (nSPS) is 11.4. The molecule has 6 heteroatoms. The highest BCUT2D eigenvalue weighted by molar-refractivity contribution is 5.85. The Kier molecular flexibility index (Phi) is 7.79. The third-order valence-electron chi connectivity index (χ3n) is 3.90. The summed E-state index contributed by atoms with van der Waals surface area (Å²) in [5, 5.41) is 13.5. The molecule has 0 aliphatic carbocycles. The van der Waals surface area contributed by atoms with Crippen molar-refractivity contribution >= 4 is 12.1 Å². The van der Waals surface area contributed by atoms with Gasteiger partial charge >= 0.3 is 0 Å². The lowest BCUT2D eigenvalue weighted by Crippen LogP contribution is -2.37. The molecule has 0 atom stereocenters. The summed E-state index contributed by atoms with van der Waals surface area (Å²) in [4.78, 5) is 16.1. The van der Waals surface area contributed by atoms with E-state index in [9.17, 15) is 9.90 Å². The zero-order valence-electron chi connectivity index (χ0n) is 15.3. The Morgan fingerprint density at radius 2 is 1.69 bits per heavy atom. The van der Waals surface area contributed by atoms with Crippen LogP contribution in [0.15, 0.2) is 59.7 Å². The van der Waals surface area contributed by atoms with Crippen molar-refractivity contribution in [2.24, 2.45) is 5.10 Å². The first-order valence-electron chi connectivity index (χ1n) is 8.55. The summed E-state index contributed by atoms with van der Waals surface area (Å²) in [6.07, 6.45) is 1.43. The Bertz CT molecular complexity index is 719. The molecule has 0 saturated carbocycles. The van der Waals surface area contributed by atoms with Gasteiger partial charge in [0.2, 0.25) is 0 Å². The number of aromatic hydroxyl groups is 1. The van der Waals surface area contributed by atoms with Gasteiger partial charge in [0.15, 0.2) is 0 Å². The summed E-state index contributed by atoms with van der Waals surface area (Å²) in [5.74, 6) is -0.0612. The molecule has 0 aliphatic rings. The number of carbonyl (C=O) groups is 1. The SMILES string of the molecule is CN(CCN(C)Cc1ccccc1)CC(=O)N/N=C/c1ccccc1O. The molecule has 2 N–H and O–H groups in total. The van der Waals surface area contributed by atoms with E-state index in [1.165, 1.54) is 11.8 Å². The number of hydrazone groups is 1. The highest BCUT2D eigenvalue weighted by atomic mass is 16.3. The van der Waals surface area contributed by atoms with Crippen molar-refractivity contribution in [3.05, 3.63) is 65.7 Å². The Morgan fingerprint density at radius 3 is 2.42 bits per heavy atom. The fourth-order valence-electron chi connectivity index (χ4n) is 2.45. The topological polar surface area (TPSA) is 68.2 Å². The number of hydrogen-bond donors (Lipinski definition) is 2. The summed E-state index contributed by atoms with van der Waals surface area (Å²) >= 11 is 0. The fraction of sp³-hybridized carbons (Fsp3) is 0.300. The first-order chi connectivity index (χ1) is 12.5. The van der Waals surface area contributed by atoms with Crippen molar-refractivity contribution < 1.29 is 9.90 Å². The molecule has 0 aromatic heterocycles. The number of benzene rings is 2. The van der Waals surface area contributed by atoms with Crippen LogP contribution in [0, 0.1) is 0 Å². The number of nitrogens with zero attached hydrogens (tertiary/aromatic N) is 3. The number of hydrogen-bond acceptors (Lipinski definition) is 5. The van der Waals surface area contributed by atoms with Crippen LogP contribution in [-0.4, -0.2) is 60.8 Å². The molecule has 0 heterocycles. The third kappa shape index (κ3) is 7.04. The first-order valence-corrected chi connectivity index (χ1v) is 8.55. The maximum atomic E-state index is 11.9. The standard InChI is InChI=1S/C20H26N4O2/c1-23(15-17-8-4-3-5-9-17)12-13-24(2)16-20(26)22-21-14-18-10-6-7-11-19(18)25/h3-11,14,25H,12-13,15-16H2,1-2H3,(H,22,26)/b21-14+. The van der Waals surface area contributed by atoms with Crippen molar-refractivity contribution in [1.82, 2.24) is 15.2 Å². The average Bonchev–Trinajstić information content (AvgIpc) is 2.62. The monoisotopic (exact) mass is 354 g/mol. The van der Waals surface area contributed by atoms with Crippen LogP contribution in [0.3, 0.4) is 0 Å². The molecular weight excluding hydrogens is 328 g/mol. The van der Waals surface area contributed by atoms with E-state index < -0.39 is 0 Å². The van der Waals surface area contributed by atoms with Gasteiger partial charge in [-0.2, -0.15) is 5.10 Å². The molecule has 0 spiro atoms. The van der Waals surface area contributed by atoms with Crippen molar-refractivity contribution in [2.75, 3.05) is 33.7 Å². The lowest BCUT2D eigenvalue weighted by Gasteiger charge is -2.21. The van der Waals surface area contributed by atoms with Crippen molar-refractivity contribution in [3.63, 3.8) is 0 Å². The van der Waals surface area contributed by atoms with Gasteiger partial charge in [-0.15, -0.1) is 0 Å². The van der Waals surface area contributed by atoms with Crippen molar-refractivity contribution in [1.29, 1.82) is 0 Å². The summed E-state index contributed by atoms with van der Waals surface area (Å²) in [5.41, 5.74) is 4.31. The van der Waals surface area contributed by atoms with Crippen LogP contribution in [-0.2, 0) is 11.3 Å². The smallest absolute Gasteiger partial charge is 0.254 e.